The fraction of sp³-hybridized carbons (Fsp3) is 0.667. The van der Waals surface area contributed by atoms with Gasteiger partial charge in [0.2, 0.25) is 0 Å². The summed E-state index contributed by atoms with van der Waals surface area (Å²) in [7, 11) is 0. The van der Waals surface area contributed by atoms with Crippen LogP contribution in [0.3, 0.4) is 0 Å². The zero-order chi connectivity index (χ0) is 9.54. The molecule has 0 radical (unpaired) electrons. The fourth-order valence-electron chi connectivity index (χ4n) is 1.99. The lowest BCUT2D eigenvalue weighted by molar-refractivity contribution is -0.0300. The summed E-state index contributed by atoms with van der Waals surface area (Å²) in [6.45, 7) is 3.42. The van der Waals surface area contributed by atoms with Gasteiger partial charge in [-0.3, -0.25) is 4.68 Å². The van der Waals surface area contributed by atoms with Crippen molar-refractivity contribution in [1.82, 2.24) is 15.1 Å². The lowest BCUT2D eigenvalue weighted by Gasteiger charge is -2.28. The molecule has 1 saturated heterocycles. The van der Waals surface area contributed by atoms with Crippen molar-refractivity contribution in [3.8, 4) is 0 Å². The number of hydrogen-bond donors (Lipinski definition) is 1. The van der Waals surface area contributed by atoms with Gasteiger partial charge in [0.25, 0.3) is 0 Å². The second-order valence-corrected chi connectivity index (χ2v) is 4.14. The van der Waals surface area contributed by atoms with Crippen molar-refractivity contribution in [2.45, 2.75) is 19.0 Å². The smallest absolute Gasteiger partial charge is 0.154 e. The van der Waals surface area contributed by atoms with Gasteiger partial charge in [-0.15, -0.1) is 0 Å². The Morgan fingerprint density at radius 1 is 1.50 bits per heavy atom. The Kier molecular flexibility index (Phi) is 2.00. The van der Waals surface area contributed by atoms with Gasteiger partial charge in [0.05, 0.1) is 24.9 Å². The lowest BCUT2D eigenvalue weighted by Crippen LogP contribution is -2.34. The maximum absolute atomic E-state index is 6.09. The third-order valence-electron chi connectivity index (χ3n) is 2.88. The SMILES string of the molecule is Clc1nn(C2COC2)c2c1CCNC2. The van der Waals surface area contributed by atoms with Gasteiger partial charge >= 0.3 is 0 Å². The molecule has 1 aromatic heterocycles. The molecule has 0 aromatic carbocycles. The molecule has 76 valence electrons. The van der Waals surface area contributed by atoms with E-state index in [2.05, 4.69) is 10.4 Å². The van der Waals surface area contributed by atoms with Crippen molar-refractivity contribution >= 4 is 11.6 Å². The molecular weight excluding hydrogens is 202 g/mol. The van der Waals surface area contributed by atoms with Crippen LogP contribution in [0.4, 0.5) is 0 Å². The summed E-state index contributed by atoms with van der Waals surface area (Å²) in [5.74, 6) is 0. The summed E-state index contributed by atoms with van der Waals surface area (Å²) in [4.78, 5) is 0. The van der Waals surface area contributed by atoms with Crippen molar-refractivity contribution in [2.24, 2.45) is 0 Å². The molecule has 1 N–H and O–H groups in total. The van der Waals surface area contributed by atoms with Crippen LogP contribution >= 0.6 is 11.6 Å². The molecule has 14 heavy (non-hydrogen) atoms. The van der Waals surface area contributed by atoms with E-state index >= 15 is 0 Å². The molecule has 2 aliphatic rings. The molecule has 0 bridgehead atoms. The van der Waals surface area contributed by atoms with Gasteiger partial charge in [-0.1, -0.05) is 11.6 Å². The van der Waals surface area contributed by atoms with Gasteiger partial charge in [0, 0.05) is 12.1 Å². The molecule has 0 spiro atoms. The highest BCUT2D eigenvalue weighted by Crippen LogP contribution is 2.27. The van der Waals surface area contributed by atoms with E-state index in [-0.39, 0.29) is 0 Å². The number of hydrogen-bond acceptors (Lipinski definition) is 3. The first-order valence-electron chi connectivity index (χ1n) is 4.90. The van der Waals surface area contributed by atoms with Crippen molar-refractivity contribution < 1.29 is 4.74 Å². The van der Waals surface area contributed by atoms with Crippen LogP contribution in [-0.4, -0.2) is 29.5 Å². The third-order valence-corrected chi connectivity index (χ3v) is 3.18. The molecule has 1 fully saturated rings. The Bertz CT molecular complexity index is 359. The average molecular weight is 214 g/mol. The number of aromatic nitrogens is 2. The van der Waals surface area contributed by atoms with E-state index in [1.165, 1.54) is 11.3 Å². The average Bonchev–Trinajstić information content (AvgIpc) is 2.43. The highest BCUT2D eigenvalue weighted by atomic mass is 35.5. The van der Waals surface area contributed by atoms with E-state index in [0.717, 1.165) is 32.7 Å². The molecule has 0 amide bonds. The van der Waals surface area contributed by atoms with Gasteiger partial charge in [0.1, 0.15) is 0 Å². The fourth-order valence-corrected chi connectivity index (χ4v) is 2.28. The Morgan fingerprint density at radius 2 is 2.36 bits per heavy atom. The molecule has 1 aromatic rings. The molecule has 4 nitrogen and oxygen atoms in total. The van der Waals surface area contributed by atoms with Crippen molar-refractivity contribution in [2.75, 3.05) is 19.8 Å². The lowest BCUT2D eigenvalue weighted by atomic mass is 10.1. The van der Waals surface area contributed by atoms with Crippen molar-refractivity contribution in [1.29, 1.82) is 0 Å². The van der Waals surface area contributed by atoms with Gasteiger partial charge < -0.3 is 10.1 Å². The topological polar surface area (TPSA) is 39.1 Å². The first kappa shape index (κ1) is 8.71. The van der Waals surface area contributed by atoms with Gasteiger partial charge in [-0.25, -0.2) is 0 Å². The van der Waals surface area contributed by atoms with Crippen LogP contribution in [0.1, 0.15) is 17.3 Å². The molecule has 0 unspecified atom stereocenters. The number of rotatable bonds is 1. The Labute approximate surface area is 87.2 Å². The van der Waals surface area contributed by atoms with E-state index < -0.39 is 0 Å². The zero-order valence-electron chi connectivity index (χ0n) is 7.79. The quantitative estimate of drug-likeness (QED) is 0.749. The van der Waals surface area contributed by atoms with Gasteiger partial charge in [-0.05, 0) is 13.0 Å². The number of nitrogens with zero attached hydrogens (tertiary/aromatic N) is 2. The molecule has 5 heteroatoms. The first-order chi connectivity index (χ1) is 6.86. The Balaban J connectivity index is 2.02. The summed E-state index contributed by atoms with van der Waals surface area (Å²) < 4.78 is 7.20. The van der Waals surface area contributed by atoms with Crippen LogP contribution in [0.15, 0.2) is 0 Å². The van der Waals surface area contributed by atoms with Crippen LogP contribution < -0.4 is 5.32 Å². The van der Waals surface area contributed by atoms with E-state index in [1.807, 2.05) is 4.68 Å². The summed E-state index contributed by atoms with van der Waals surface area (Å²) in [6, 6.07) is 0.399. The number of nitrogens with one attached hydrogen (secondary N) is 1. The molecule has 0 saturated carbocycles. The predicted molar refractivity (Wildman–Crippen MR) is 52.5 cm³/mol. The normalized spacial score (nSPS) is 21.8. The Morgan fingerprint density at radius 3 is 3.07 bits per heavy atom. The molecule has 0 aliphatic carbocycles. The van der Waals surface area contributed by atoms with Crippen LogP contribution in [0.25, 0.3) is 0 Å². The minimum Gasteiger partial charge on any atom is -0.377 e. The maximum Gasteiger partial charge on any atom is 0.154 e. The third kappa shape index (κ3) is 1.18. The van der Waals surface area contributed by atoms with E-state index in [9.17, 15) is 0 Å². The van der Waals surface area contributed by atoms with Gasteiger partial charge in [0.15, 0.2) is 5.15 Å². The van der Waals surface area contributed by atoms with Crippen LogP contribution in [-0.2, 0) is 17.7 Å². The molecule has 0 atom stereocenters. The van der Waals surface area contributed by atoms with E-state index in [4.69, 9.17) is 16.3 Å². The van der Waals surface area contributed by atoms with Crippen molar-refractivity contribution in [3.05, 3.63) is 16.4 Å². The Hall–Kier alpha value is -0.580. The first-order valence-corrected chi connectivity index (χ1v) is 5.28. The van der Waals surface area contributed by atoms with E-state index in [1.54, 1.807) is 0 Å². The number of fused-ring (bicyclic) bond motifs is 1. The standard InChI is InChI=1S/C9H12ClN3O/c10-9-7-1-2-11-3-8(7)13(12-9)6-4-14-5-6/h6,11H,1-5H2. The maximum atomic E-state index is 6.09. The molecular formula is C9H12ClN3O. The van der Waals surface area contributed by atoms with Crippen LogP contribution in [0.2, 0.25) is 5.15 Å². The highest BCUT2D eigenvalue weighted by Gasteiger charge is 2.28. The molecule has 2 aliphatic heterocycles. The highest BCUT2D eigenvalue weighted by molar-refractivity contribution is 6.30. The summed E-state index contributed by atoms with van der Waals surface area (Å²) in [5.41, 5.74) is 2.46. The van der Waals surface area contributed by atoms with Crippen LogP contribution in [0.5, 0.6) is 0 Å². The van der Waals surface area contributed by atoms with Crippen molar-refractivity contribution in [3.63, 3.8) is 0 Å². The predicted octanol–water partition coefficient (Wildman–Crippen LogP) is 0.754. The van der Waals surface area contributed by atoms with Crippen LogP contribution in [0, 0.1) is 0 Å². The van der Waals surface area contributed by atoms with Gasteiger partial charge in [-0.2, -0.15) is 5.10 Å². The summed E-state index contributed by atoms with van der Waals surface area (Å²) in [6.07, 6.45) is 0.988. The number of ether oxygens (including phenoxy) is 1. The minimum absolute atomic E-state index is 0.399. The second kappa shape index (κ2) is 3.22. The second-order valence-electron chi connectivity index (χ2n) is 3.78. The number of halogens is 1. The monoisotopic (exact) mass is 213 g/mol. The zero-order valence-corrected chi connectivity index (χ0v) is 8.55. The largest absolute Gasteiger partial charge is 0.377 e. The molecule has 3 rings (SSSR count). The summed E-state index contributed by atoms with van der Waals surface area (Å²) >= 11 is 6.09. The molecule has 3 heterocycles. The minimum atomic E-state index is 0.399. The summed E-state index contributed by atoms with van der Waals surface area (Å²) in [5, 5.41) is 8.39. The van der Waals surface area contributed by atoms with E-state index in [0.29, 0.717) is 11.2 Å².